The number of piperidine rings is 1. The molecule has 166 valence electrons. The van der Waals surface area contributed by atoms with Gasteiger partial charge in [0.25, 0.3) is 0 Å². The molecule has 0 aromatic heterocycles. The summed E-state index contributed by atoms with van der Waals surface area (Å²) in [6.07, 6.45) is 1.67. The van der Waals surface area contributed by atoms with Crippen molar-refractivity contribution in [2.45, 2.75) is 38.8 Å². The van der Waals surface area contributed by atoms with E-state index in [9.17, 15) is 13.2 Å². The molecule has 2 heterocycles. The number of nitrogens with zero attached hydrogens (tertiary/aromatic N) is 2. The quantitative estimate of drug-likeness (QED) is 0.687. The monoisotopic (exact) mass is 466 g/mol. The second-order valence-corrected chi connectivity index (χ2v) is 9.59. The predicted octanol–water partition coefficient (Wildman–Crippen LogP) is 1.55. The van der Waals surface area contributed by atoms with Gasteiger partial charge in [0.2, 0.25) is 15.9 Å². The average molecular weight is 467 g/mol. The van der Waals surface area contributed by atoms with Crippen LogP contribution in [0.4, 0.5) is 5.69 Å². The van der Waals surface area contributed by atoms with E-state index >= 15 is 0 Å². The molecule has 2 atom stereocenters. The van der Waals surface area contributed by atoms with Crippen molar-refractivity contribution in [3.63, 3.8) is 0 Å². The molecule has 0 saturated carbocycles. The lowest BCUT2D eigenvalue weighted by atomic mass is 10.0. The van der Waals surface area contributed by atoms with Crippen molar-refractivity contribution in [2.24, 2.45) is 0 Å². The van der Waals surface area contributed by atoms with Gasteiger partial charge in [-0.15, -0.1) is 24.8 Å². The molecule has 0 radical (unpaired) electrons. The number of benzene rings is 1. The number of anilines is 1. The Morgan fingerprint density at radius 3 is 2.52 bits per heavy atom. The van der Waals surface area contributed by atoms with Gasteiger partial charge in [0.05, 0.1) is 0 Å². The first-order chi connectivity index (χ1) is 12.8. The number of halogens is 2. The molecule has 7 nitrogen and oxygen atoms in total. The van der Waals surface area contributed by atoms with E-state index in [1.54, 1.807) is 0 Å². The Kier molecular flexibility index (Phi) is 10.2. The lowest BCUT2D eigenvalue weighted by Crippen LogP contribution is -2.52. The Morgan fingerprint density at radius 1 is 1.21 bits per heavy atom. The summed E-state index contributed by atoms with van der Waals surface area (Å²) in [5.74, 6) is -0.856. The maximum absolute atomic E-state index is 12.6. The van der Waals surface area contributed by atoms with E-state index < -0.39 is 21.7 Å². The van der Waals surface area contributed by atoms with Crippen LogP contribution in [0.5, 0.6) is 0 Å². The number of carbonyl (C=O) groups is 1. The fourth-order valence-electron chi connectivity index (χ4n) is 3.84. The third-order valence-corrected chi connectivity index (χ3v) is 7.08. The first-order valence-electron chi connectivity index (χ1n) is 9.66. The van der Waals surface area contributed by atoms with Crippen molar-refractivity contribution >= 4 is 46.4 Å². The summed E-state index contributed by atoms with van der Waals surface area (Å²) in [5.41, 5.74) is 2.30. The van der Waals surface area contributed by atoms with E-state index in [1.807, 2.05) is 25.1 Å². The van der Waals surface area contributed by atoms with Crippen molar-refractivity contribution in [1.29, 1.82) is 0 Å². The van der Waals surface area contributed by atoms with Gasteiger partial charge in [-0.25, -0.2) is 8.42 Å². The fourth-order valence-corrected chi connectivity index (χ4v) is 5.16. The summed E-state index contributed by atoms with van der Waals surface area (Å²) < 4.78 is 26.7. The second-order valence-electron chi connectivity index (χ2n) is 7.63. The molecule has 2 aliphatic rings. The molecule has 0 spiro atoms. The molecule has 0 aliphatic carbocycles. The van der Waals surface area contributed by atoms with Crippen LogP contribution < -0.4 is 15.5 Å². The predicted molar refractivity (Wildman–Crippen MR) is 122 cm³/mol. The van der Waals surface area contributed by atoms with Crippen LogP contribution in [0.1, 0.15) is 25.3 Å². The summed E-state index contributed by atoms with van der Waals surface area (Å²) in [6, 6.07) is 8.62. The van der Waals surface area contributed by atoms with Gasteiger partial charge in [-0.2, -0.15) is 4.31 Å². The third-order valence-electron chi connectivity index (χ3n) is 5.30. The summed E-state index contributed by atoms with van der Waals surface area (Å²) in [7, 11) is -3.58. The normalized spacial score (nSPS) is 22.9. The van der Waals surface area contributed by atoms with Gasteiger partial charge in [-0.1, -0.05) is 12.1 Å². The first-order valence-corrected chi connectivity index (χ1v) is 11.3. The van der Waals surface area contributed by atoms with Crippen LogP contribution in [0, 0.1) is 6.92 Å². The summed E-state index contributed by atoms with van der Waals surface area (Å²) >= 11 is 0. The number of hydrogen-bond donors (Lipinski definition) is 2. The molecule has 2 fully saturated rings. The van der Waals surface area contributed by atoms with E-state index in [1.165, 1.54) is 9.87 Å². The molecule has 1 aromatic rings. The number of sulfonamides is 1. The number of carbonyl (C=O) groups excluding carboxylic acids is 1. The lowest BCUT2D eigenvalue weighted by Gasteiger charge is -2.35. The zero-order valence-corrected chi connectivity index (χ0v) is 19.4. The maximum atomic E-state index is 12.6. The summed E-state index contributed by atoms with van der Waals surface area (Å²) in [5, 5.41) is 6.21. The highest BCUT2D eigenvalue weighted by Gasteiger charge is 2.30. The minimum Gasteiger partial charge on any atom is -0.369 e. The van der Waals surface area contributed by atoms with Crippen molar-refractivity contribution < 1.29 is 13.2 Å². The fraction of sp³-hybridized carbons (Fsp3) is 0.632. The molecule has 10 heteroatoms. The lowest BCUT2D eigenvalue weighted by molar-refractivity contribution is -0.119. The Hall–Kier alpha value is -1.06. The highest BCUT2D eigenvalue weighted by Crippen LogP contribution is 2.19. The SMILES string of the molecule is Cc1cccc(N2CCN(S(=O)(=O)CC(=O)NC3CCNC(C)C3)CC2)c1.Cl.Cl. The Bertz CT molecular complexity index is 770. The van der Waals surface area contributed by atoms with Crippen LogP contribution in [0.25, 0.3) is 0 Å². The molecular formula is C19H32Cl2N4O3S. The summed E-state index contributed by atoms with van der Waals surface area (Å²) in [4.78, 5) is 14.4. The molecule has 2 unspecified atom stereocenters. The van der Waals surface area contributed by atoms with Gasteiger partial charge < -0.3 is 15.5 Å². The zero-order chi connectivity index (χ0) is 19.4. The van der Waals surface area contributed by atoms with Gasteiger partial charge in [-0.3, -0.25) is 4.79 Å². The van der Waals surface area contributed by atoms with Gasteiger partial charge in [0, 0.05) is 44.0 Å². The van der Waals surface area contributed by atoms with Crippen LogP contribution >= 0.6 is 24.8 Å². The molecular weight excluding hydrogens is 435 g/mol. The van der Waals surface area contributed by atoms with Crippen LogP contribution in [-0.2, 0) is 14.8 Å². The third kappa shape index (κ3) is 7.29. The van der Waals surface area contributed by atoms with E-state index in [4.69, 9.17) is 0 Å². The van der Waals surface area contributed by atoms with Crippen molar-refractivity contribution in [3.8, 4) is 0 Å². The maximum Gasteiger partial charge on any atom is 0.236 e. The number of nitrogens with one attached hydrogen (secondary N) is 2. The largest absolute Gasteiger partial charge is 0.369 e. The summed E-state index contributed by atoms with van der Waals surface area (Å²) in [6.45, 7) is 7.06. The first kappa shape index (κ1) is 26.0. The van der Waals surface area contributed by atoms with Gasteiger partial charge in [-0.05, 0) is 50.9 Å². The average Bonchev–Trinajstić information content (AvgIpc) is 2.61. The van der Waals surface area contributed by atoms with Crippen LogP contribution in [0.15, 0.2) is 24.3 Å². The number of rotatable bonds is 5. The van der Waals surface area contributed by atoms with Gasteiger partial charge in [0.15, 0.2) is 0 Å². The van der Waals surface area contributed by atoms with E-state index in [-0.39, 0.29) is 30.9 Å². The minimum absolute atomic E-state index is 0. The number of piperazine rings is 1. The Balaban J connectivity index is 0.00000210. The highest BCUT2D eigenvalue weighted by atomic mass is 35.5. The molecule has 3 rings (SSSR count). The van der Waals surface area contributed by atoms with E-state index in [0.717, 1.165) is 25.1 Å². The number of aryl methyl sites for hydroxylation is 1. The number of amides is 1. The Morgan fingerprint density at radius 2 is 1.90 bits per heavy atom. The van der Waals surface area contributed by atoms with Crippen molar-refractivity contribution in [1.82, 2.24) is 14.9 Å². The smallest absolute Gasteiger partial charge is 0.236 e. The molecule has 29 heavy (non-hydrogen) atoms. The van der Waals surface area contributed by atoms with E-state index in [2.05, 4.69) is 28.5 Å². The zero-order valence-electron chi connectivity index (χ0n) is 17.0. The van der Waals surface area contributed by atoms with Crippen molar-refractivity contribution in [2.75, 3.05) is 43.4 Å². The molecule has 2 N–H and O–H groups in total. The molecule has 2 saturated heterocycles. The van der Waals surface area contributed by atoms with Crippen LogP contribution in [0.3, 0.4) is 0 Å². The van der Waals surface area contributed by atoms with Crippen LogP contribution in [0.2, 0.25) is 0 Å². The van der Waals surface area contributed by atoms with Gasteiger partial charge >= 0.3 is 0 Å². The highest BCUT2D eigenvalue weighted by molar-refractivity contribution is 7.89. The molecule has 2 aliphatic heterocycles. The van der Waals surface area contributed by atoms with Gasteiger partial charge in [0.1, 0.15) is 5.75 Å². The second kappa shape index (κ2) is 11.4. The molecule has 1 amide bonds. The Labute approximate surface area is 186 Å². The van der Waals surface area contributed by atoms with Crippen molar-refractivity contribution in [3.05, 3.63) is 29.8 Å². The standard InChI is InChI=1S/C19H30N4O3S.2ClH/c1-15-4-3-5-18(12-15)22-8-10-23(11-9-22)27(25,26)14-19(24)21-17-6-7-20-16(2)13-17;;/h3-5,12,16-17,20H,6-11,13-14H2,1-2H3,(H,21,24);2*1H. The number of hydrogen-bond acceptors (Lipinski definition) is 5. The van der Waals surface area contributed by atoms with E-state index in [0.29, 0.717) is 32.2 Å². The van der Waals surface area contributed by atoms with Crippen LogP contribution in [-0.4, -0.2) is 69.2 Å². The minimum atomic E-state index is -3.58. The topological polar surface area (TPSA) is 81.8 Å². The molecule has 1 aromatic carbocycles. The molecule has 0 bridgehead atoms.